The van der Waals surface area contributed by atoms with Gasteiger partial charge in [0.05, 0.1) is 11.9 Å². The standard InChI is InChI=1S/C20H25F3N4/c1-11(2)27-20-10-26(9-12(20)8-25-27)13-3-4-14(19(24)5-13)15-6-17(22)18(23)7-16(15)21/h6-8,11,13-14,19H,3-5,9-10,24H2,1-2H3/t13-,14?,19-/m0/s1. The van der Waals surface area contributed by atoms with Crippen LogP contribution in [0.2, 0.25) is 0 Å². The predicted octanol–water partition coefficient (Wildman–Crippen LogP) is 3.86. The van der Waals surface area contributed by atoms with Crippen LogP contribution >= 0.6 is 0 Å². The van der Waals surface area contributed by atoms with Crippen LogP contribution in [0.1, 0.15) is 61.9 Å². The Hall–Kier alpha value is -1.86. The van der Waals surface area contributed by atoms with Gasteiger partial charge in [-0.25, -0.2) is 13.2 Å². The summed E-state index contributed by atoms with van der Waals surface area (Å²) in [6.45, 7) is 5.93. The molecule has 3 atom stereocenters. The first-order valence-electron chi connectivity index (χ1n) is 9.54. The van der Waals surface area contributed by atoms with Gasteiger partial charge >= 0.3 is 0 Å². The van der Waals surface area contributed by atoms with Gasteiger partial charge in [-0.2, -0.15) is 5.10 Å². The van der Waals surface area contributed by atoms with Crippen LogP contribution < -0.4 is 5.73 Å². The number of nitrogens with two attached hydrogens (primary N) is 1. The maximum Gasteiger partial charge on any atom is 0.161 e. The Morgan fingerprint density at radius 3 is 2.52 bits per heavy atom. The second-order valence-electron chi connectivity index (χ2n) is 8.08. The largest absolute Gasteiger partial charge is 0.327 e. The van der Waals surface area contributed by atoms with Gasteiger partial charge in [0.25, 0.3) is 0 Å². The first kappa shape index (κ1) is 18.5. The lowest BCUT2D eigenvalue weighted by molar-refractivity contribution is 0.134. The third kappa shape index (κ3) is 3.27. The lowest BCUT2D eigenvalue weighted by atomic mass is 9.77. The van der Waals surface area contributed by atoms with Crippen molar-refractivity contribution in [3.63, 3.8) is 0 Å². The minimum Gasteiger partial charge on any atom is -0.327 e. The molecule has 4 nitrogen and oxygen atoms in total. The molecule has 7 heteroatoms. The Morgan fingerprint density at radius 1 is 1.07 bits per heavy atom. The highest BCUT2D eigenvalue weighted by atomic mass is 19.2. The monoisotopic (exact) mass is 378 g/mol. The van der Waals surface area contributed by atoms with Crippen molar-refractivity contribution < 1.29 is 13.2 Å². The number of hydrogen-bond donors (Lipinski definition) is 1. The van der Waals surface area contributed by atoms with E-state index in [0.29, 0.717) is 31.0 Å². The van der Waals surface area contributed by atoms with Gasteiger partial charge in [0.1, 0.15) is 5.82 Å². The number of fused-ring (bicyclic) bond motifs is 1. The van der Waals surface area contributed by atoms with E-state index in [4.69, 9.17) is 5.73 Å². The highest BCUT2D eigenvalue weighted by Gasteiger charge is 2.36. The minimum atomic E-state index is -1.16. The summed E-state index contributed by atoms with van der Waals surface area (Å²) in [7, 11) is 0. The van der Waals surface area contributed by atoms with Crippen molar-refractivity contribution in [2.24, 2.45) is 5.73 Å². The van der Waals surface area contributed by atoms with Crippen LogP contribution in [0, 0.1) is 17.5 Å². The topological polar surface area (TPSA) is 47.1 Å². The summed E-state index contributed by atoms with van der Waals surface area (Å²) in [5, 5.41) is 4.47. The molecule has 1 aromatic carbocycles. The molecule has 27 heavy (non-hydrogen) atoms. The molecule has 1 aromatic heterocycles. The third-order valence-electron chi connectivity index (χ3n) is 6.03. The summed E-state index contributed by atoms with van der Waals surface area (Å²) in [4.78, 5) is 2.41. The van der Waals surface area contributed by atoms with Crippen molar-refractivity contribution in [1.29, 1.82) is 0 Å². The zero-order chi connectivity index (χ0) is 19.3. The number of benzene rings is 1. The molecule has 1 unspecified atom stereocenters. The molecule has 2 aliphatic rings. The van der Waals surface area contributed by atoms with Crippen LogP contribution in [0.3, 0.4) is 0 Å². The van der Waals surface area contributed by atoms with E-state index < -0.39 is 17.5 Å². The van der Waals surface area contributed by atoms with E-state index in [1.807, 2.05) is 6.20 Å². The SMILES string of the molecule is CC(C)n1ncc2c1CN([C@H]1CCC(c3cc(F)c(F)cc3F)[C@@H](N)C1)C2. The maximum atomic E-state index is 14.2. The fraction of sp³-hybridized carbons (Fsp3) is 0.550. The average molecular weight is 378 g/mol. The molecule has 2 aromatic rings. The second-order valence-corrected chi connectivity index (χ2v) is 8.08. The van der Waals surface area contributed by atoms with Gasteiger partial charge in [0.2, 0.25) is 0 Å². The van der Waals surface area contributed by atoms with Crippen LogP contribution in [0.5, 0.6) is 0 Å². The van der Waals surface area contributed by atoms with Crippen LogP contribution in [0.25, 0.3) is 0 Å². The fourth-order valence-corrected chi connectivity index (χ4v) is 4.62. The van der Waals surface area contributed by atoms with E-state index in [1.54, 1.807) is 0 Å². The Labute approximate surface area is 157 Å². The van der Waals surface area contributed by atoms with Crippen molar-refractivity contribution in [3.05, 3.63) is 52.6 Å². The predicted molar refractivity (Wildman–Crippen MR) is 96.5 cm³/mol. The summed E-state index contributed by atoms with van der Waals surface area (Å²) >= 11 is 0. The van der Waals surface area contributed by atoms with E-state index in [-0.39, 0.29) is 17.5 Å². The second kappa shape index (κ2) is 6.95. The van der Waals surface area contributed by atoms with Gasteiger partial charge in [-0.1, -0.05) is 0 Å². The molecule has 1 saturated carbocycles. The van der Waals surface area contributed by atoms with E-state index in [0.717, 1.165) is 25.6 Å². The number of rotatable bonds is 3. The summed E-state index contributed by atoms with van der Waals surface area (Å²) in [6.07, 6.45) is 4.17. The van der Waals surface area contributed by atoms with Gasteiger partial charge in [-0.3, -0.25) is 9.58 Å². The average Bonchev–Trinajstić information content (AvgIpc) is 3.18. The van der Waals surface area contributed by atoms with Crippen molar-refractivity contribution in [2.75, 3.05) is 0 Å². The fourth-order valence-electron chi connectivity index (χ4n) is 4.62. The van der Waals surface area contributed by atoms with Crippen molar-refractivity contribution in [3.8, 4) is 0 Å². The Morgan fingerprint density at radius 2 is 1.81 bits per heavy atom. The zero-order valence-corrected chi connectivity index (χ0v) is 15.6. The summed E-state index contributed by atoms with van der Waals surface area (Å²) in [6, 6.07) is 1.94. The summed E-state index contributed by atoms with van der Waals surface area (Å²) in [5.41, 5.74) is 9.06. The van der Waals surface area contributed by atoms with Gasteiger partial charge in [-0.05, 0) is 44.7 Å². The van der Waals surface area contributed by atoms with Gasteiger partial charge in [0.15, 0.2) is 11.6 Å². The molecule has 146 valence electrons. The number of nitrogens with zero attached hydrogens (tertiary/aromatic N) is 3. The number of aromatic nitrogens is 2. The molecule has 0 saturated heterocycles. The molecule has 2 N–H and O–H groups in total. The Kier molecular flexibility index (Phi) is 4.76. The highest BCUT2D eigenvalue weighted by Crippen LogP contribution is 2.38. The summed E-state index contributed by atoms with van der Waals surface area (Å²) < 4.78 is 43.0. The first-order chi connectivity index (χ1) is 12.8. The summed E-state index contributed by atoms with van der Waals surface area (Å²) in [5.74, 6) is -3.17. The first-order valence-corrected chi connectivity index (χ1v) is 9.54. The molecule has 1 aliphatic heterocycles. The van der Waals surface area contributed by atoms with Crippen LogP contribution in [0.15, 0.2) is 18.3 Å². The zero-order valence-electron chi connectivity index (χ0n) is 15.6. The van der Waals surface area contributed by atoms with Gasteiger partial charge < -0.3 is 5.73 Å². The molecule has 0 radical (unpaired) electrons. The lowest BCUT2D eigenvalue weighted by Crippen LogP contribution is -2.44. The number of hydrogen-bond acceptors (Lipinski definition) is 3. The van der Waals surface area contributed by atoms with Crippen LogP contribution in [-0.2, 0) is 13.1 Å². The molecule has 0 amide bonds. The van der Waals surface area contributed by atoms with E-state index >= 15 is 0 Å². The minimum absolute atomic E-state index is 0.194. The normalized spacial score (nSPS) is 26.0. The molecule has 0 bridgehead atoms. The maximum absolute atomic E-state index is 14.2. The highest BCUT2D eigenvalue weighted by molar-refractivity contribution is 5.27. The molecule has 1 aliphatic carbocycles. The van der Waals surface area contributed by atoms with Crippen LogP contribution in [-0.4, -0.2) is 26.8 Å². The molecule has 4 rings (SSSR count). The lowest BCUT2D eigenvalue weighted by Gasteiger charge is -2.38. The van der Waals surface area contributed by atoms with E-state index in [1.165, 1.54) is 11.3 Å². The molecular weight excluding hydrogens is 353 g/mol. The Balaban J connectivity index is 1.46. The molecular formula is C20H25F3N4. The van der Waals surface area contributed by atoms with Crippen molar-refractivity contribution in [2.45, 2.75) is 70.2 Å². The quantitative estimate of drug-likeness (QED) is 0.825. The van der Waals surface area contributed by atoms with Gasteiger partial charge in [-0.15, -0.1) is 0 Å². The van der Waals surface area contributed by atoms with Crippen LogP contribution in [0.4, 0.5) is 13.2 Å². The molecule has 0 spiro atoms. The smallest absolute Gasteiger partial charge is 0.161 e. The van der Waals surface area contributed by atoms with Crippen molar-refractivity contribution >= 4 is 0 Å². The third-order valence-corrected chi connectivity index (χ3v) is 6.03. The molecule has 2 heterocycles. The number of halogens is 3. The van der Waals surface area contributed by atoms with Crippen molar-refractivity contribution in [1.82, 2.24) is 14.7 Å². The molecule has 1 fully saturated rings. The Bertz CT molecular complexity index is 848. The van der Waals surface area contributed by atoms with E-state index in [9.17, 15) is 13.2 Å². The van der Waals surface area contributed by atoms with Gasteiger partial charge in [0, 0.05) is 48.8 Å². The van der Waals surface area contributed by atoms with E-state index in [2.05, 4.69) is 28.5 Å².